The fraction of sp³-hybridized carbons (Fsp3) is 0.571. The third-order valence-electron chi connectivity index (χ3n) is 3.79. The third-order valence-corrected chi connectivity index (χ3v) is 4.03. The predicted molar refractivity (Wildman–Crippen MR) is 79.4 cm³/mol. The summed E-state index contributed by atoms with van der Waals surface area (Å²) in [5.41, 5.74) is 7.85. The lowest BCUT2D eigenvalue weighted by atomic mass is 10.2. The number of likely N-dealkylation sites (tertiary alicyclic amines) is 1. The number of hydrogen-bond donors (Lipinski definition) is 1. The maximum absolute atomic E-state index is 6.04. The van der Waals surface area contributed by atoms with Crippen LogP contribution < -0.4 is 10.6 Å². The topological polar surface area (TPSA) is 32.5 Å². The van der Waals surface area contributed by atoms with Crippen molar-refractivity contribution in [3.05, 3.63) is 23.2 Å². The normalized spacial score (nSPS) is 20.3. The second kappa shape index (κ2) is 5.81. The predicted octanol–water partition coefficient (Wildman–Crippen LogP) is 2.84. The molecular formula is C14H22ClN3. The maximum atomic E-state index is 6.04. The molecule has 1 heterocycles. The lowest BCUT2D eigenvalue weighted by Gasteiger charge is -2.29. The SMILES string of the molecule is CCN1CCCC1CN(C)c1cc(Cl)ccc1N. The lowest BCUT2D eigenvalue weighted by Crippen LogP contribution is -2.38. The van der Waals surface area contributed by atoms with Gasteiger partial charge in [-0.3, -0.25) is 4.90 Å². The summed E-state index contributed by atoms with van der Waals surface area (Å²) in [5.74, 6) is 0. The van der Waals surface area contributed by atoms with Gasteiger partial charge in [0.05, 0.1) is 11.4 Å². The zero-order chi connectivity index (χ0) is 13.1. The molecule has 1 aromatic rings. The Bertz CT molecular complexity index is 408. The second-order valence-electron chi connectivity index (χ2n) is 5.01. The Morgan fingerprint density at radius 3 is 3.00 bits per heavy atom. The van der Waals surface area contributed by atoms with E-state index < -0.39 is 0 Å². The number of nitrogens with two attached hydrogens (primary N) is 1. The van der Waals surface area contributed by atoms with E-state index >= 15 is 0 Å². The first-order chi connectivity index (χ1) is 8.61. The molecule has 1 aromatic carbocycles. The van der Waals surface area contributed by atoms with Gasteiger partial charge in [-0.25, -0.2) is 0 Å². The number of halogens is 1. The number of rotatable bonds is 4. The Kier molecular flexibility index (Phi) is 4.36. The van der Waals surface area contributed by atoms with Crippen molar-refractivity contribution in [2.45, 2.75) is 25.8 Å². The van der Waals surface area contributed by atoms with Crippen LogP contribution >= 0.6 is 11.6 Å². The van der Waals surface area contributed by atoms with E-state index in [1.165, 1.54) is 19.4 Å². The fourth-order valence-electron chi connectivity index (χ4n) is 2.78. The second-order valence-corrected chi connectivity index (χ2v) is 5.44. The van der Waals surface area contributed by atoms with E-state index in [9.17, 15) is 0 Å². The highest BCUT2D eigenvalue weighted by molar-refractivity contribution is 6.31. The molecule has 4 heteroatoms. The van der Waals surface area contributed by atoms with Gasteiger partial charge in [-0.15, -0.1) is 0 Å². The highest BCUT2D eigenvalue weighted by Gasteiger charge is 2.24. The van der Waals surface area contributed by atoms with Crippen molar-refractivity contribution in [1.29, 1.82) is 0 Å². The minimum Gasteiger partial charge on any atom is -0.397 e. The maximum Gasteiger partial charge on any atom is 0.0612 e. The molecule has 1 fully saturated rings. The van der Waals surface area contributed by atoms with Gasteiger partial charge in [0.1, 0.15) is 0 Å². The van der Waals surface area contributed by atoms with Crippen LogP contribution in [-0.2, 0) is 0 Å². The Morgan fingerprint density at radius 1 is 1.50 bits per heavy atom. The summed E-state index contributed by atoms with van der Waals surface area (Å²) in [7, 11) is 2.09. The average molecular weight is 268 g/mol. The minimum absolute atomic E-state index is 0.637. The molecule has 0 bridgehead atoms. The molecule has 0 radical (unpaired) electrons. The summed E-state index contributed by atoms with van der Waals surface area (Å²) in [6.45, 7) is 5.59. The summed E-state index contributed by atoms with van der Waals surface area (Å²) >= 11 is 6.04. The van der Waals surface area contributed by atoms with E-state index in [1.54, 1.807) is 0 Å². The molecular weight excluding hydrogens is 246 g/mol. The Hall–Kier alpha value is -0.930. The zero-order valence-corrected chi connectivity index (χ0v) is 12.0. The van der Waals surface area contributed by atoms with Crippen LogP contribution in [0, 0.1) is 0 Å². The standard InChI is InChI=1S/C14H22ClN3/c1-3-18-8-4-5-12(18)10-17(2)14-9-11(15)6-7-13(14)16/h6-7,9,12H,3-5,8,10,16H2,1-2H3. The van der Waals surface area contributed by atoms with Crippen molar-refractivity contribution in [2.75, 3.05) is 37.3 Å². The summed E-state index contributed by atoms with van der Waals surface area (Å²) in [6, 6.07) is 6.29. The van der Waals surface area contributed by atoms with Crippen LogP contribution in [0.25, 0.3) is 0 Å². The molecule has 100 valence electrons. The van der Waals surface area contributed by atoms with Crippen LogP contribution in [0.2, 0.25) is 5.02 Å². The summed E-state index contributed by atoms with van der Waals surface area (Å²) in [6.07, 6.45) is 2.58. The number of nitrogens with zero attached hydrogens (tertiary/aromatic N) is 2. The molecule has 1 aliphatic heterocycles. The summed E-state index contributed by atoms with van der Waals surface area (Å²) < 4.78 is 0. The molecule has 0 saturated carbocycles. The number of likely N-dealkylation sites (N-methyl/N-ethyl adjacent to an activating group) is 2. The van der Waals surface area contributed by atoms with Gasteiger partial charge < -0.3 is 10.6 Å². The van der Waals surface area contributed by atoms with E-state index in [0.717, 1.165) is 29.5 Å². The van der Waals surface area contributed by atoms with Crippen LogP contribution in [0.1, 0.15) is 19.8 Å². The van der Waals surface area contributed by atoms with Crippen LogP contribution in [0.4, 0.5) is 11.4 Å². The molecule has 3 nitrogen and oxygen atoms in total. The van der Waals surface area contributed by atoms with Gasteiger partial charge in [0, 0.05) is 24.7 Å². The van der Waals surface area contributed by atoms with Crippen molar-refractivity contribution >= 4 is 23.0 Å². The summed E-state index contributed by atoms with van der Waals surface area (Å²) in [5, 5.41) is 0.741. The van der Waals surface area contributed by atoms with Crippen molar-refractivity contribution in [1.82, 2.24) is 4.90 Å². The van der Waals surface area contributed by atoms with E-state index in [-0.39, 0.29) is 0 Å². The fourth-order valence-corrected chi connectivity index (χ4v) is 2.95. The van der Waals surface area contributed by atoms with Crippen LogP contribution in [0.15, 0.2) is 18.2 Å². The Balaban J connectivity index is 2.07. The van der Waals surface area contributed by atoms with Crippen LogP contribution in [0.3, 0.4) is 0 Å². The summed E-state index contributed by atoms with van der Waals surface area (Å²) in [4.78, 5) is 4.76. The highest BCUT2D eigenvalue weighted by Crippen LogP contribution is 2.27. The third kappa shape index (κ3) is 2.90. The molecule has 1 atom stereocenters. The number of hydrogen-bond acceptors (Lipinski definition) is 3. The molecule has 0 aliphatic carbocycles. The molecule has 1 unspecified atom stereocenters. The first-order valence-electron chi connectivity index (χ1n) is 6.62. The minimum atomic E-state index is 0.637. The van der Waals surface area contributed by atoms with E-state index in [4.69, 9.17) is 17.3 Å². The quantitative estimate of drug-likeness (QED) is 0.852. The molecule has 2 rings (SSSR count). The molecule has 0 aromatic heterocycles. The first-order valence-corrected chi connectivity index (χ1v) is 6.99. The molecule has 1 saturated heterocycles. The van der Waals surface area contributed by atoms with E-state index in [2.05, 4.69) is 23.8 Å². The molecule has 0 spiro atoms. The van der Waals surface area contributed by atoms with Gasteiger partial charge in [-0.2, -0.15) is 0 Å². The number of nitrogen functional groups attached to an aromatic ring is 1. The van der Waals surface area contributed by atoms with Crippen molar-refractivity contribution in [3.63, 3.8) is 0 Å². The van der Waals surface area contributed by atoms with Gasteiger partial charge in [-0.05, 0) is 44.1 Å². The van der Waals surface area contributed by atoms with Crippen molar-refractivity contribution in [2.24, 2.45) is 0 Å². The van der Waals surface area contributed by atoms with E-state index in [1.807, 2.05) is 18.2 Å². The largest absolute Gasteiger partial charge is 0.397 e. The van der Waals surface area contributed by atoms with Crippen LogP contribution in [0.5, 0.6) is 0 Å². The van der Waals surface area contributed by atoms with Gasteiger partial charge >= 0.3 is 0 Å². The van der Waals surface area contributed by atoms with E-state index in [0.29, 0.717) is 6.04 Å². The van der Waals surface area contributed by atoms with Gasteiger partial charge in [0.2, 0.25) is 0 Å². The first kappa shape index (κ1) is 13.5. The highest BCUT2D eigenvalue weighted by atomic mass is 35.5. The van der Waals surface area contributed by atoms with Crippen LogP contribution in [-0.4, -0.2) is 37.6 Å². The van der Waals surface area contributed by atoms with Crippen molar-refractivity contribution in [3.8, 4) is 0 Å². The molecule has 1 aliphatic rings. The lowest BCUT2D eigenvalue weighted by molar-refractivity contribution is 0.270. The van der Waals surface area contributed by atoms with Gasteiger partial charge in [-0.1, -0.05) is 18.5 Å². The number of anilines is 2. The number of benzene rings is 1. The van der Waals surface area contributed by atoms with Gasteiger partial charge in [0.15, 0.2) is 0 Å². The monoisotopic (exact) mass is 267 g/mol. The zero-order valence-electron chi connectivity index (χ0n) is 11.2. The molecule has 0 amide bonds. The molecule has 2 N–H and O–H groups in total. The van der Waals surface area contributed by atoms with Crippen molar-refractivity contribution < 1.29 is 0 Å². The smallest absolute Gasteiger partial charge is 0.0612 e. The Morgan fingerprint density at radius 2 is 2.28 bits per heavy atom. The van der Waals surface area contributed by atoms with Gasteiger partial charge in [0.25, 0.3) is 0 Å². The average Bonchev–Trinajstić information content (AvgIpc) is 2.79. The molecule has 18 heavy (non-hydrogen) atoms. The Labute approximate surface area is 115 Å².